The first-order chi connectivity index (χ1) is 5.75. The molecule has 1 aliphatic rings. The highest BCUT2D eigenvalue weighted by molar-refractivity contribution is 9.10. The summed E-state index contributed by atoms with van der Waals surface area (Å²) in [5.74, 6) is 0.353. The van der Waals surface area contributed by atoms with Gasteiger partial charge in [0.15, 0.2) is 0 Å². The number of carbonyl (C=O) groups is 1. The van der Waals surface area contributed by atoms with Crippen molar-refractivity contribution in [2.75, 3.05) is 0 Å². The number of hydrogen-bond acceptors (Lipinski definition) is 2. The molecule has 0 radical (unpaired) electrons. The predicted octanol–water partition coefficient (Wildman–Crippen LogP) is 1.94. The Bertz CT molecular complexity index is 308. The van der Waals surface area contributed by atoms with Crippen LogP contribution >= 0.6 is 15.9 Å². The summed E-state index contributed by atoms with van der Waals surface area (Å²) in [5.41, 5.74) is 0. The van der Waals surface area contributed by atoms with Crippen molar-refractivity contribution < 1.29 is 4.79 Å². The van der Waals surface area contributed by atoms with Gasteiger partial charge in [-0.15, -0.1) is 0 Å². The summed E-state index contributed by atoms with van der Waals surface area (Å²) in [7, 11) is 0. The van der Waals surface area contributed by atoms with E-state index >= 15 is 0 Å². The van der Waals surface area contributed by atoms with E-state index in [1.807, 2.05) is 10.9 Å². The zero-order valence-electron chi connectivity index (χ0n) is 6.53. The molecule has 2 rings (SSSR count). The van der Waals surface area contributed by atoms with Gasteiger partial charge in [-0.25, -0.2) is 0 Å². The number of Topliss-reactive ketones (excluding diaryl/α,β-unsaturated/α-hetero) is 1. The summed E-state index contributed by atoms with van der Waals surface area (Å²) < 4.78 is 2.84. The van der Waals surface area contributed by atoms with Crippen molar-refractivity contribution in [3.05, 3.63) is 16.9 Å². The molecule has 1 saturated carbocycles. The Labute approximate surface area is 78.9 Å². The molecule has 4 heteroatoms. The van der Waals surface area contributed by atoms with E-state index in [0.29, 0.717) is 24.7 Å². The van der Waals surface area contributed by atoms with Crippen LogP contribution in [0.2, 0.25) is 0 Å². The van der Waals surface area contributed by atoms with Crippen LogP contribution in [0.25, 0.3) is 0 Å². The molecule has 3 nitrogen and oxygen atoms in total. The molecule has 12 heavy (non-hydrogen) atoms. The fraction of sp³-hybridized carbons (Fsp3) is 0.500. The first-order valence-electron chi connectivity index (χ1n) is 3.97. The van der Waals surface area contributed by atoms with Gasteiger partial charge in [0.05, 0.1) is 16.7 Å². The van der Waals surface area contributed by atoms with Crippen molar-refractivity contribution >= 4 is 21.7 Å². The van der Waals surface area contributed by atoms with Gasteiger partial charge in [-0.3, -0.25) is 9.48 Å². The Morgan fingerprint density at radius 2 is 2.50 bits per heavy atom. The van der Waals surface area contributed by atoms with Gasteiger partial charge in [0.25, 0.3) is 0 Å². The molecule has 0 aliphatic heterocycles. The second-order valence-corrected chi connectivity index (χ2v) is 3.99. The lowest BCUT2D eigenvalue weighted by molar-refractivity contribution is -0.117. The average Bonchev–Trinajstić information content (AvgIpc) is 2.58. The molecule has 1 unspecified atom stereocenters. The van der Waals surface area contributed by atoms with Crippen LogP contribution in [0, 0.1) is 0 Å². The Kier molecular flexibility index (Phi) is 2.00. The van der Waals surface area contributed by atoms with Crippen molar-refractivity contribution in [2.45, 2.75) is 25.3 Å². The normalized spacial score (nSPS) is 23.4. The van der Waals surface area contributed by atoms with Gasteiger partial charge in [-0.1, -0.05) is 0 Å². The SMILES string of the molecule is O=C1CCC(n2cc(Br)cn2)C1. The van der Waals surface area contributed by atoms with Crippen LogP contribution in [0.4, 0.5) is 0 Å². The largest absolute Gasteiger partial charge is 0.300 e. The number of ketones is 1. The zero-order chi connectivity index (χ0) is 8.55. The smallest absolute Gasteiger partial charge is 0.135 e. The van der Waals surface area contributed by atoms with Crippen molar-refractivity contribution in [1.82, 2.24) is 9.78 Å². The molecule has 1 atom stereocenters. The maximum Gasteiger partial charge on any atom is 0.135 e. The summed E-state index contributed by atoms with van der Waals surface area (Å²) in [5, 5.41) is 4.15. The minimum absolute atomic E-state index is 0.295. The molecule has 1 aromatic rings. The van der Waals surface area contributed by atoms with Gasteiger partial charge in [-0.05, 0) is 22.4 Å². The highest BCUT2D eigenvalue weighted by atomic mass is 79.9. The molecular formula is C8H9BrN2O. The van der Waals surface area contributed by atoms with Crippen molar-refractivity contribution in [3.63, 3.8) is 0 Å². The second-order valence-electron chi connectivity index (χ2n) is 3.07. The minimum atomic E-state index is 0.295. The number of nitrogens with zero attached hydrogens (tertiary/aromatic N) is 2. The van der Waals surface area contributed by atoms with E-state index in [1.54, 1.807) is 6.20 Å². The number of carbonyl (C=O) groups excluding carboxylic acids is 1. The molecule has 1 aromatic heterocycles. The van der Waals surface area contributed by atoms with Crippen molar-refractivity contribution in [2.24, 2.45) is 0 Å². The fourth-order valence-corrected chi connectivity index (χ4v) is 1.84. The summed E-state index contributed by atoms with van der Waals surface area (Å²) >= 11 is 3.33. The van der Waals surface area contributed by atoms with Crippen LogP contribution in [-0.2, 0) is 4.79 Å². The number of halogens is 1. The summed E-state index contributed by atoms with van der Waals surface area (Å²) in [6, 6.07) is 0.295. The predicted molar refractivity (Wildman–Crippen MR) is 47.8 cm³/mol. The van der Waals surface area contributed by atoms with E-state index < -0.39 is 0 Å². The van der Waals surface area contributed by atoms with E-state index in [2.05, 4.69) is 21.0 Å². The Morgan fingerprint density at radius 3 is 3.00 bits per heavy atom. The lowest BCUT2D eigenvalue weighted by Gasteiger charge is -2.06. The zero-order valence-corrected chi connectivity index (χ0v) is 8.12. The fourth-order valence-electron chi connectivity index (χ4n) is 1.53. The summed E-state index contributed by atoms with van der Waals surface area (Å²) in [6.45, 7) is 0. The van der Waals surface area contributed by atoms with E-state index in [-0.39, 0.29) is 0 Å². The number of rotatable bonds is 1. The van der Waals surface area contributed by atoms with Gasteiger partial charge in [-0.2, -0.15) is 5.10 Å². The monoisotopic (exact) mass is 228 g/mol. The molecule has 0 amide bonds. The molecular weight excluding hydrogens is 220 g/mol. The highest BCUT2D eigenvalue weighted by Gasteiger charge is 2.23. The van der Waals surface area contributed by atoms with Crippen molar-refractivity contribution in [1.29, 1.82) is 0 Å². The molecule has 1 aliphatic carbocycles. The number of aromatic nitrogens is 2. The van der Waals surface area contributed by atoms with Crippen molar-refractivity contribution in [3.8, 4) is 0 Å². The third-order valence-electron chi connectivity index (χ3n) is 2.16. The first-order valence-corrected chi connectivity index (χ1v) is 4.76. The molecule has 1 heterocycles. The maximum atomic E-state index is 11.0. The van der Waals surface area contributed by atoms with Crippen LogP contribution in [0.1, 0.15) is 25.3 Å². The number of hydrogen-bond donors (Lipinski definition) is 0. The van der Waals surface area contributed by atoms with Crippen LogP contribution in [-0.4, -0.2) is 15.6 Å². The minimum Gasteiger partial charge on any atom is -0.300 e. The van der Waals surface area contributed by atoms with Crippen LogP contribution in [0.15, 0.2) is 16.9 Å². The van der Waals surface area contributed by atoms with E-state index in [9.17, 15) is 4.79 Å². The summed E-state index contributed by atoms with van der Waals surface area (Å²) in [6.07, 6.45) is 5.97. The standard InChI is InChI=1S/C8H9BrN2O/c9-6-4-10-11(5-6)7-1-2-8(12)3-7/h4-5,7H,1-3H2. The molecule has 0 aromatic carbocycles. The highest BCUT2D eigenvalue weighted by Crippen LogP contribution is 2.26. The van der Waals surface area contributed by atoms with E-state index in [4.69, 9.17) is 0 Å². The Morgan fingerprint density at radius 1 is 1.67 bits per heavy atom. The average molecular weight is 229 g/mol. The lowest BCUT2D eigenvalue weighted by Crippen LogP contribution is -2.05. The Balaban J connectivity index is 2.15. The molecule has 0 saturated heterocycles. The quantitative estimate of drug-likeness (QED) is 0.737. The molecule has 0 spiro atoms. The van der Waals surface area contributed by atoms with E-state index in [0.717, 1.165) is 10.9 Å². The first kappa shape index (κ1) is 7.98. The lowest BCUT2D eigenvalue weighted by atomic mass is 10.3. The van der Waals surface area contributed by atoms with Gasteiger partial charge >= 0.3 is 0 Å². The van der Waals surface area contributed by atoms with Crippen LogP contribution < -0.4 is 0 Å². The van der Waals surface area contributed by atoms with Crippen LogP contribution in [0.5, 0.6) is 0 Å². The maximum absolute atomic E-state index is 11.0. The Hall–Kier alpha value is -0.640. The third kappa shape index (κ3) is 1.43. The topological polar surface area (TPSA) is 34.9 Å². The third-order valence-corrected chi connectivity index (χ3v) is 2.57. The molecule has 0 N–H and O–H groups in total. The second kappa shape index (κ2) is 3.01. The van der Waals surface area contributed by atoms with Gasteiger partial charge in [0.2, 0.25) is 0 Å². The van der Waals surface area contributed by atoms with Gasteiger partial charge in [0, 0.05) is 19.0 Å². The molecule has 0 bridgehead atoms. The molecule has 64 valence electrons. The van der Waals surface area contributed by atoms with Gasteiger partial charge in [0.1, 0.15) is 5.78 Å². The summed E-state index contributed by atoms with van der Waals surface area (Å²) in [4.78, 5) is 11.0. The van der Waals surface area contributed by atoms with Gasteiger partial charge < -0.3 is 0 Å². The van der Waals surface area contributed by atoms with E-state index in [1.165, 1.54) is 0 Å². The van der Waals surface area contributed by atoms with Crippen LogP contribution in [0.3, 0.4) is 0 Å². The molecule has 1 fully saturated rings.